The molecule has 3 nitrogen and oxygen atoms in total. The van der Waals surface area contributed by atoms with Crippen LogP contribution in [-0.4, -0.2) is 18.5 Å². The van der Waals surface area contributed by atoms with Crippen molar-refractivity contribution in [3.63, 3.8) is 0 Å². The molecule has 1 aliphatic rings. The maximum atomic E-state index is 11.8. The van der Waals surface area contributed by atoms with Crippen LogP contribution in [0.5, 0.6) is 0 Å². The number of carbonyl (C=O) groups excluding carboxylic acids is 1. The molecule has 0 aromatic heterocycles. The minimum absolute atomic E-state index is 0.0841. The van der Waals surface area contributed by atoms with E-state index in [1.54, 1.807) is 0 Å². The predicted octanol–water partition coefficient (Wildman–Crippen LogP) is 3.05. The van der Waals surface area contributed by atoms with Crippen LogP contribution < -0.4 is 10.6 Å². The predicted molar refractivity (Wildman–Crippen MR) is 78.3 cm³/mol. The zero-order chi connectivity index (χ0) is 13.7. The lowest BCUT2D eigenvalue weighted by atomic mass is 10.1. The Bertz CT molecular complexity index is 430. The lowest BCUT2D eigenvalue weighted by Gasteiger charge is -2.16. The van der Waals surface area contributed by atoms with Gasteiger partial charge in [0.1, 0.15) is 0 Å². The molecule has 0 radical (unpaired) electrons. The van der Waals surface area contributed by atoms with E-state index in [2.05, 4.69) is 10.6 Å². The average molecular weight is 281 g/mol. The van der Waals surface area contributed by atoms with Gasteiger partial charge in [-0.2, -0.15) is 0 Å². The van der Waals surface area contributed by atoms with E-state index >= 15 is 0 Å². The molecule has 1 aromatic carbocycles. The largest absolute Gasteiger partial charge is 0.352 e. The van der Waals surface area contributed by atoms with Crippen molar-refractivity contribution >= 4 is 17.5 Å². The molecule has 1 unspecified atom stereocenters. The van der Waals surface area contributed by atoms with Crippen LogP contribution in [0.4, 0.5) is 0 Å². The van der Waals surface area contributed by atoms with Crippen LogP contribution in [0.2, 0.25) is 5.02 Å². The van der Waals surface area contributed by atoms with Crippen LogP contribution >= 0.6 is 11.6 Å². The number of carbonyl (C=O) groups is 1. The van der Waals surface area contributed by atoms with Gasteiger partial charge in [0.15, 0.2) is 0 Å². The summed E-state index contributed by atoms with van der Waals surface area (Å²) in [7, 11) is 0. The van der Waals surface area contributed by atoms with Crippen molar-refractivity contribution in [2.24, 2.45) is 0 Å². The van der Waals surface area contributed by atoms with Gasteiger partial charge in [0.25, 0.3) is 0 Å². The third-order valence-electron chi connectivity index (χ3n) is 3.64. The third kappa shape index (κ3) is 4.51. The number of benzene rings is 1. The number of amides is 1. The van der Waals surface area contributed by atoms with Crippen molar-refractivity contribution in [3.05, 3.63) is 34.9 Å². The van der Waals surface area contributed by atoms with Gasteiger partial charge in [0, 0.05) is 17.1 Å². The summed E-state index contributed by atoms with van der Waals surface area (Å²) in [6, 6.07) is 8.22. The molecule has 0 saturated heterocycles. The second kappa shape index (κ2) is 6.92. The van der Waals surface area contributed by atoms with E-state index in [1.165, 1.54) is 12.8 Å². The van der Waals surface area contributed by atoms with Crippen LogP contribution in [0.3, 0.4) is 0 Å². The molecule has 2 N–H and O–H groups in total. The first kappa shape index (κ1) is 14.4. The summed E-state index contributed by atoms with van der Waals surface area (Å²) in [5, 5.41) is 7.02. The summed E-state index contributed by atoms with van der Waals surface area (Å²) in [5.74, 6) is 0.0841. The number of halogens is 1. The van der Waals surface area contributed by atoms with E-state index in [9.17, 15) is 4.79 Å². The van der Waals surface area contributed by atoms with Crippen LogP contribution in [0, 0.1) is 0 Å². The number of rotatable bonds is 5. The maximum absolute atomic E-state index is 11.8. The second-order valence-electron chi connectivity index (χ2n) is 5.21. The van der Waals surface area contributed by atoms with Gasteiger partial charge in [-0.1, -0.05) is 36.6 Å². The Kier molecular flexibility index (Phi) is 5.23. The minimum atomic E-state index is 0.0841. The fraction of sp³-hybridized carbons (Fsp3) is 0.533. The Morgan fingerprint density at radius 1 is 1.42 bits per heavy atom. The Morgan fingerprint density at radius 3 is 2.84 bits per heavy atom. The summed E-state index contributed by atoms with van der Waals surface area (Å²) >= 11 is 5.96. The van der Waals surface area contributed by atoms with Crippen LogP contribution in [0.1, 0.15) is 44.2 Å². The zero-order valence-corrected chi connectivity index (χ0v) is 12.0. The molecule has 0 aliphatic heterocycles. The molecule has 1 aliphatic carbocycles. The van der Waals surface area contributed by atoms with Crippen molar-refractivity contribution < 1.29 is 4.79 Å². The second-order valence-corrected chi connectivity index (χ2v) is 5.64. The first-order chi connectivity index (χ1) is 9.15. The first-order valence-electron chi connectivity index (χ1n) is 6.93. The van der Waals surface area contributed by atoms with Crippen LogP contribution in [0.15, 0.2) is 24.3 Å². The highest BCUT2D eigenvalue weighted by atomic mass is 35.5. The Hall–Kier alpha value is -1.06. The van der Waals surface area contributed by atoms with Crippen LogP contribution in [-0.2, 0) is 4.79 Å². The number of hydrogen-bond donors (Lipinski definition) is 2. The van der Waals surface area contributed by atoms with E-state index in [0.29, 0.717) is 12.6 Å². The number of hydrogen-bond acceptors (Lipinski definition) is 2. The lowest BCUT2D eigenvalue weighted by molar-refractivity contribution is -0.121. The van der Waals surface area contributed by atoms with Crippen molar-refractivity contribution in [3.8, 4) is 0 Å². The fourth-order valence-corrected chi connectivity index (χ4v) is 2.69. The van der Waals surface area contributed by atoms with E-state index in [4.69, 9.17) is 11.6 Å². The zero-order valence-electron chi connectivity index (χ0n) is 11.3. The highest BCUT2D eigenvalue weighted by Crippen LogP contribution is 2.18. The highest BCUT2D eigenvalue weighted by molar-refractivity contribution is 6.30. The van der Waals surface area contributed by atoms with Crippen molar-refractivity contribution in [2.45, 2.75) is 44.7 Å². The highest BCUT2D eigenvalue weighted by Gasteiger charge is 2.17. The van der Waals surface area contributed by atoms with Crippen molar-refractivity contribution in [1.82, 2.24) is 10.6 Å². The third-order valence-corrected chi connectivity index (χ3v) is 3.87. The summed E-state index contributed by atoms with van der Waals surface area (Å²) in [6.45, 7) is 2.39. The van der Waals surface area contributed by atoms with Gasteiger partial charge in [0.05, 0.1) is 6.54 Å². The van der Waals surface area contributed by atoms with Gasteiger partial charge in [-0.3, -0.25) is 4.79 Å². The molecule has 2 rings (SSSR count). The first-order valence-corrected chi connectivity index (χ1v) is 7.31. The summed E-state index contributed by atoms with van der Waals surface area (Å²) in [5.41, 5.74) is 1.10. The molecule has 0 heterocycles. The molecule has 0 spiro atoms. The molecular formula is C15H21ClN2O. The molecule has 104 valence electrons. The van der Waals surface area contributed by atoms with Gasteiger partial charge >= 0.3 is 0 Å². The molecule has 1 atom stereocenters. The maximum Gasteiger partial charge on any atom is 0.234 e. The van der Waals surface area contributed by atoms with Gasteiger partial charge in [-0.05, 0) is 37.5 Å². The molecular weight excluding hydrogens is 260 g/mol. The summed E-state index contributed by atoms with van der Waals surface area (Å²) in [6.07, 6.45) is 4.71. The normalized spacial score (nSPS) is 17.4. The summed E-state index contributed by atoms with van der Waals surface area (Å²) < 4.78 is 0. The molecule has 1 saturated carbocycles. The molecule has 1 fully saturated rings. The lowest BCUT2D eigenvalue weighted by Crippen LogP contribution is -2.39. The monoisotopic (exact) mass is 280 g/mol. The molecule has 1 amide bonds. The van der Waals surface area contributed by atoms with Crippen LogP contribution in [0.25, 0.3) is 0 Å². The molecule has 19 heavy (non-hydrogen) atoms. The van der Waals surface area contributed by atoms with Gasteiger partial charge in [-0.25, -0.2) is 0 Å². The Balaban J connectivity index is 1.76. The average Bonchev–Trinajstić information content (AvgIpc) is 2.88. The Labute approximate surface area is 119 Å². The smallest absolute Gasteiger partial charge is 0.234 e. The van der Waals surface area contributed by atoms with Crippen molar-refractivity contribution in [1.29, 1.82) is 0 Å². The molecule has 0 bridgehead atoms. The minimum Gasteiger partial charge on any atom is -0.352 e. The standard InChI is InChI=1S/C15H21ClN2O/c1-11(12-5-4-6-13(16)9-12)17-10-15(19)18-14-7-2-3-8-14/h4-6,9,11,14,17H,2-3,7-8,10H2,1H3,(H,18,19). The summed E-state index contributed by atoms with van der Waals surface area (Å²) in [4.78, 5) is 11.8. The van der Waals surface area contributed by atoms with E-state index < -0.39 is 0 Å². The van der Waals surface area contributed by atoms with E-state index in [0.717, 1.165) is 23.4 Å². The molecule has 1 aromatic rings. The SMILES string of the molecule is CC(NCC(=O)NC1CCCC1)c1cccc(Cl)c1. The van der Waals surface area contributed by atoms with Gasteiger partial charge in [-0.15, -0.1) is 0 Å². The van der Waals surface area contributed by atoms with E-state index in [-0.39, 0.29) is 11.9 Å². The van der Waals surface area contributed by atoms with Gasteiger partial charge in [0.2, 0.25) is 5.91 Å². The number of nitrogens with one attached hydrogen (secondary N) is 2. The topological polar surface area (TPSA) is 41.1 Å². The molecule has 4 heteroatoms. The van der Waals surface area contributed by atoms with Gasteiger partial charge < -0.3 is 10.6 Å². The van der Waals surface area contributed by atoms with Crippen molar-refractivity contribution in [2.75, 3.05) is 6.54 Å². The quantitative estimate of drug-likeness (QED) is 0.870. The fourth-order valence-electron chi connectivity index (χ4n) is 2.49. The van der Waals surface area contributed by atoms with E-state index in [1.807, 2.05) is 31.2 Å². The Morgan fingerprint density at radius 2 is 2.16 bits per heavy atom.